The summed E-state index contributed by atoms with van der Waals surface area (Å²) < 4.78 is 5.29. The van der Waals surface area contributed by atoms with Gasteiger partial charge in [-0.2, -0.15) is 0 Å². The Kier molecular flexibility index (Phi) is 2.45. The van der Waals surface area contributed by atoms with Gasteiger partial charge in [-0.3, -0.25) is 4.90 Å². The van der Waals surface area contributed by atoms with E-state index < -0.39 is 0 Å². The number of nitrogens with two attached hydrogens (primary N) is 1. The lowest BCUT2D eigenvalue weighted by molar-refractivity contribution is 0.0513. The van der Waals surface area contributed by atoms with Crippen molar-refractivity contribution in [3.8, 4) is 0 Å². The van der Waals surface area contributed by atoms with Crippen LogP contribution in [0.4, 0.5) is 0 Å². The number of rotatable bonds is 2. The summed E-state index contributed by atoms with van der Waals surface area (Å²) in [5, 5.41) is 0. The van der Waals surface area contributed by atoms with Crippen molar-refractivity contribution in [1.82, 2.24) is 4.90 Å². The summed E-state index contributed by atoms with van der Waals surface area (Å²) in [5.74, 6) is 0. The van der Waals surface area contributed by atoms with Gasteiger partial charge in [-0.05, 0) is 6.92 Å². The first-order chi connectivity index (χ1) is 4.34. The summed E-state index contributed by atoms with van der Waals surface area (Å²) in [6.07, 6.45) is 0.286. The van der Waals surface area contributed by atoms with Crippen LogP contribution in [0.2, 0.25) is 0 Å². The van der Waals surface area contributed by atoms with Crippen LogP contribution in [0.25, 0.3) is 0 Å². The summed E-state index contributed by atoms with van der Waals surface area (Å²) in [7, 11) is 0. The van der Waals surface area contributed by atoms with E-state index in [9.17, 15) is 0 Å². The summed E-state index contributed by atoms with van der Waals surface area (Å²) >= 11 is 0. The molecule has 0 bridgehead atoms. The molecular weight excluding hydrogens is 116 g/mol. The van der Waals surface area contributed by atoms with Gasteiger partial charge in [0.25, 0.3) is 0 Å². The number of hydrogen-bond acceptors (Lipinski definition) is 3. The highest BCUT2D eigenvalue weighted by atomic mass is 16.5. The van der Waals surface area contributed by atoms with Gasteiger partial charge >= 0.3 is 0 Å². The predicted octanol–water partition coefficient (Wildman–Crippen LogP) is -0.377. The molecule has 0 aromatic heterocycles. The van der Waals surface area contributed by atoms with E-state index in [1.807, 2.05) is 0 Å². The van der Waals surface area contributed by atoms with Crippen LogP contribution in [-0.4, -0.2) is 37.4 Å². The average Bonchev–Trinajstić information content (AvgIpc) is 2.18. The van der Waals surface area contributed by atoms with Gasteiger partial charge in [0.05, 0.1) is 6.61 Å². The molecule has 0 aliphatic carbocycles. The summed E-state index contributed by atoms with van der Waals surface area (Å²) in [5.41, 5.74) is 5.37. The highest BCUT2D eigenvalue weighted by molar-refractivity contribution is 4.65. The molecule has 1 heterocycles. The largest absolute Gasteiger partial charge is 0.362 e. The lowest BCUT2D eigenvalue weighted by atomic mass is 10.5. The first-order valence-electron chi connectivity index (χ1n) is 3.40. The molecule has 1 fully saturated rings. The average molecular weight is 130 g/mol. The van der Waals surface area contributed by atoms with E-state index in [1.54, 1.807) is 0 Å². The number of ether oxygens (including phenoxy) is 1. The van der Waals surface area contributed by atoms with Gasteiger partial charge in [-0.15, -0.1) is 0 Å². The van der Waals surface area contributed by atoms with Crippen molar-refractivity contribution < 1.29 is 4.74 Å². The van der Waals surface area contributed by atoms with E-state index in [4.69, 9.17) is 10.5 Å². The van der Waals surface area contributed by atoms with Gasteiger partial charge in [0.1, 0.15) is 6.23 Å². The van der Waals surface area contributed by atoms with E-state index >= 15 is 0 Å². The Morgan fingerprint density at radius 3 is 3.00 bits per heavy atom. The van der Waals surface area contributed by atoms with Crippen LogP contribution in [0.3, 0.4) is 0 Å². The Hall–Kier alpha value is -0.120. The monoisotopic (exact) mass is 130 g/mol. The molecule has 9 heavy (non-hydrogen) atoms. The molecule has 0 aromatic rings. The first-order valence-corrected chi connectivity index (χ1v) is 3.40. The van der Waals surface area contributed by atoms with Crippen molar-refractivity contribution >= 4 is 0 Å². The van der Waals surface area contributed by atoms with Crippen LogP contribution < -0.4 is 5.73 Å². The Morgan fingerprint density at radius 2 is 2.56 bits per heavy atom. The molecule has 54 valence electrons. The van der Waals surface area contributed by atoms with E-state index in [1.165, 1.54) is 0 Å². The Morgan fingerprint density at radius 1 is 1.78 bits per heavy atom. The summed E-state index contributed by atoms with van der Waals surface area (Å²) in [6.45, 7) is 5.65. The number of hydrogen-bond donors (Lipinski definition) is 1. The minimum Gasteiger partial charge on any atom is -0.362 e. The molecule has 1 atom stereocenters. The summed E-state index contributed by atoms with van der Waals surface area (Å²) in [6, 6.07) is 0. The highest BCUT2D eigenvalue weighted by Crippen LogP contribution is 2.06. The van der Waals surface area contributed by atoms with Gasteiger partial charge in [-0.25, -0.2) is 0 Å². The molecule has 3 nitrogen and oxygen atoms in total. The SMILES string of the molecule is CC1OCCN1CCN. The quantitative estimate of drug-likeness (QED) is 0.554. The molecule has 3 heteroatoms. The molecule has 0 radical (unpaired) electrons. The van der Waals surface area contributed by atoms with Gasteiger partial charge < -0.3 is 10.5 Å². The molecule has 0 saturated carbocycles. The maximum absolute atomic E-state index is 5.37. The first kappa shape index (κ1) is 6.99. The van der Waals surface area contributed by atoms with Gasteiger partial charge in [0.2, 0.25) is 0 Å². The molecule has 1 aliphatic heterocycles. The highest BCUT2D eigenvalue weighted by Gasteiger charge is 2.18. The second-order valence-corrected chi connectivity index (χ2v) is 2.29. The maximum Gasteiger partial charge on any atom is 0.107 e. The lowest BCUT2D eigenvalue weighted by Crippen LogP contribution is -2.32. The normalized spacial score (nSPS) is 29.3. The second kappa shape index (κ2) is 3.15. The van der Waals surface area contributed by atoms with Gasteiger partial charge in [-0.1, -0.05) is 0 Å². The van der Waals surface area contributed by atoms with Crippen molar-refractivity contribution in [1.29, 1.82) is 0 Å². The molecule has 0 amide bonds. The van der Waals surface area contributed by atoms with Crippen molar-refractivity contribution in [3.63, 3.8) is 0 Å². The van der Waals surface area contributed by atoms with E-state index in [0.717, 1.165) is 26.2 Å². The Labute approximate surface area is 55.8 Å². The third-order valence-electron chi connectivity index (χ3n) is 1.67. The van der Waals surface area contributed by atoms with Crippen molar-refractivity contribution in [3.05, 3.63) is 0 Å². The molecule has 2 N–H and O–H groups in total. The van der Waals surface area contributed by atoms with Crippen molar-refractivity contribution in [2.45, 2.75) is 13.2 Å². The zero-order valence-corrected chi connectivity index (χ0v) is 5.84. The predicted molar refractivity (Wildman–Crippen MR) is 36.0 cm³/mol. The van der Waals surface area contributed by atoms with Crippen LogP contribution in [-0.2, 0) is 4.74 Å². The molecule has 1 unspecified atom stereocenters. The fourth-order valence-electron chi connectivity index (χ4n) is 1.09. The van der Waals surface area contributed by atoms with Crippen LogP contribution in [0, 0.1) is 0 Å². The molecule has 0 aromatic carbocycles. The molecular formula is C6H14N2O. The molecule has 1 aliphatic rings. The zero-order valence-electron chi connectivity index (χ0n) is 5.84. The van der Waals surface area contributed by atoms with Crippen molar-refractivity contribution in [2.75, 3.05) is 26.2 Å². The lowest BCUT2D eigenvalue weighted by Gasteiger charge is -2.17. The standard InChI is InChI=1S/C6H14N2O/c1-6-8(3-2-7)4-5-9-6/h6H,2-5,7H2,1H3. The summed E-state index contributed by atoms with van der Waals surface area (Å²) in [4.78, 5) is 2.24. The number of nitrogens with zero attached hydrogens (tertiary/aromatic N) is 1. The van der Waals surface area contributed by atoms with Crippen LogP contribution in [0.15, 0.2) is 0 Å². The fourth-order valence-corrected chi connectivity index (χ4v) is 1.09. The third kappa shape index (κ3) is 1.64. The second-order valence-electron chi connectivity index (χ2n) is 2.29. The van der Waals surface area contributed by atoms with E-state index in [2.05, 4.69) is 11.8 Å². The van der Waals surface area contributed by atoms with Crippen LogP contribution in [0.1, 0.15) is 6.92 Å². The van der Waals surface area contributed by atoms with Crippen LogP contribution >= 0.6 is 0 Å². The third-order valence-corrected chi connectivity index (χ3v) is 1.67. The minimum atomic E-state index is 0.286. The minimum absolute atomic E-state index is 0.286. The van der Waals surface area contributed by atoms with E-state index in [-0.39, 0.29) is 6.23 Å². The topological polar surface area (TPSA) is 38.5 Å². The van der Waals surface area contributed by atoms with Crippen LogP contribution in [0.5, 0.6) is 0 Å². The maximum atomic E-state index is 5.37. The molecule has 1 rings (SSSR count). The fraction of sp³-hybridized carbons (Fsp3) is 1.00. The zero-order chi connectivity index (χ0) is 6.69. The van der Waals surface area contributed by atoms with Gasteiger partial charge in [0, 0.05) is 19.6 Å². The Balaban J connectivity index is 2.22. The molecule has 0 spiro atoms. The van der Waals surface area contributed by atoms with E-state index in [0.29, 0.717) is 0 Å². The smallest absolute Gasteiger partial charge is 0.107 e. The van der Waals surface area contributed by atoms with Crippen molar-refractivity contribution in [2.24, 2.45) is 5.73 Å². The molecule has 1 saturated heterocycles. The Bertz CT molecular complexity index is 87.1. The van der Waals surface area contributed by atoms with Gasteiger partial charge in [0.15, 0.2) is 0 Å².